The highest BCUT2D eigenvalue weighted by atomic mass is 16.3. The van der Waals surface area contributed by atoms with Crippen LogP contribution in [0.1, 0.15) is 79.1 Å². The molecule has 7 atom stereocenters. The number of hydrogen-bond donors (Lipinski definition) is 2. The molecular formula is C28H44O2. The zero-order valence-electron chi connectivity index (χ0n) is 19.7. The average molecular weight is 413 g/mol. The van der Waals surface area contributed by atoms with E-state index in [2.05, 4.69) is 58.6 Å². The zero-order valence-corrected chi connectivity index (χ0v) is 19.7. The number of allylic oxidation sites excluding steroid dienone is 6. The summed E-state index contributed by atoms with van der Waals surface area (Å²) in [5, 5.41) is 19.5. The Morgan fingerprint density at radius 3 is 2.60 bits per heavy atom. The Morgan fingerprint density at radius 1 is 1.10 bits per heavy atom. The van der Waals surface area contributed by atoms with E-state index in [4.69, 9.17) is 0 Å². The summed E-state index contributed by atoms with van der Waals surface area (Å²) in [4.78, 5) is 0. The van der Waals surface area contributed by atoms with Gasteiger partial charge in [0, 0.05) is 6.61 Å². The fraction of sp³-hybridized carbons (Fsp3) is 0.714. The maximum Gasteiger partial charge on any atom is 0.0583 e. The van der Waals surface area contributed by atoms with Crippen LogP contribution in [0.4, 0.5) is 0 Å². The number of aliphatic hydroxyl groups excluding tert-OH is 2. The first-order chi connectivity index (χ1) is 14.3. The fourth-order valence-electron chi connectivity index (χ4n) is 6.38. The largest absolute Gasteiger partial charge is 0.396 e. The van der Waals surface area contributed by atoms with Crippen molar-refractivity contribution in [1.29, 1.82) is 0 Å². The van der Waals surface area contributed by atoms with Crippen molar-refractivity contribution in [1.82, 2.24) is 0 Å². The Balaban J connectivity index is 1.73. The van der Waals surface area contributed by atoms with E-state index in [0.29, 0.717) is 29.1 Å². The van der Waals surface area contributed by atoms with Gasteiger partial charge in [-0.1, -0.05) is 69.7 Å². The Morgan fingerprint density at radius 2 is 1.87 bits per heavy atom. The summed E-state index contributed by atoms with van der Waals surface area (Å²) >= 11 is 0. The van der Waals surface area contributed by atoms with Gasteiger partial charge in [0.25, 0.3) is 0 Å². The van der Waals surface area contributed by atoms with Crippen molar-refractivity contribution >= 4 is 0 Å². The molecule has 0 amide bonds. The smallest absolute Gasteiger partial charge is 0.0583 e. The van der Waals surface area contributed by atoms with E-state index >= 15 is 0 Å². The molecule has 0 saturated heterocycles. The maximum atomic E-state index is 10.0. The molecule has 1 unspecified atom stereocenters. The van der Waals surface area contributed by atoms with Gasteiger partial charge in [-0.2, -0.15) is 0 Å². The third kappa shape index (κ3) is 5.02. The van der Waals surface area contributed by atoms with Gasteiger partial charge in [0.1, 0.15) is 0 Å². The highest BCUT2D eigenvalue weighted by Gasteiger charge is 2.50. The summed E-state index contributed by atoms with van der Waals surface area (Å²) in [6.45, 7) is 13.8. The van der Waals surface area contributed by atoms with Crippen molar-refractivity contribution < 1.29 is 10.2 Å². The van der Waals surface area contributed by atoms with Crippen LogP contribution in [0.15, 0.2) is 47.6 Å². The van der Waals surface area contributed by atoms with Crippen molar-refractivity contribution in [3.05, 3.63) is 47.6 Å². The summed E-state index contributed by atoms with van der Waals surface area (Å²) in [6.07, 6.45) is 18.3. The second-order valence-corrected chi connectivity index (χ2v) is 10.8. The first-order valence-electron chi connectivity index (χ1n) is 12.3. The third-order valence-electron chi connectivity index (χ3n) is 8.76. The van der Waals surface area contributed by atoms with Crippen molar-refractivity contribution in [2.75, 3.05) is 6.61 Å². The highest BCUT2D eigenvalue weighted by molar-refractivity contribution is 5.36. The van der Waals surface area contributed by atoms with E-state index in [1.54, 1.807) is 5.57 Å². The normalized spacial score (nSPS) is 38.2. The van der Waals surface area contributed by atoms with Crippen LogP contribution in [0.25, 0.3) is 0 Å². The van der Waals surface area contributed by atoms with Crippen molar-refractivity contribution in [2.24, 2.45) is 35.0 Å². The summed E-state index contributed by atoms with van der Waals surface area (Å²) < 4.78 is 0. The van der Waals surface area contributed by atoms with Gasteiger partial charge in [-0.3, -0.25) is 0 Å². The van der Waals surface area contributed by atoms with E-state index in [0.717, 1.165) is 25.2 Å². The molecule has 3 aliphatic carbocycles. The molecule has 0 aromatic heterocycles. The number of rotatable bonds is 6. The lowest BCUT2D eigenvalue weighted by Gasteiger charge is -2.44. The summed E-state index contributed by atoms with van der Waals surface area (Å²) in [6, 6.07) is 0. The number of aliphatic hydroxyl groups is 2. The van der Waals surface area contributed by atoms with Crippen LogP contribution in [0.3, 0.4) is 0 Å². The Labute approximate surface area is 184 Å². The number of fused-ring (bicyclic) bond motifs is 1. The second-order valence-electron chi connectivity index (χ2n) is 10.8. The lowest BCUT2D eigenvalue weighted by atomic mass is 9.61. The van der Waals surface area contributed by atoms with Gasteiger partial charge < -0.3 is 10.2 Å². The topological polar surface area (TPSA) is 40.5 Å². The van der Waals surface area contributed by atoms with Gasteiger partial charge in [0.15, 0.2) is 0 Å². The minimum absolute atomic E-state index is 0.198. The van der Waals surface area contributed by atoms with Crippen molar-refractivity contribution in [2.45, 2.75) is 85.2 Å². The second kappa shape index (κ2) is 10.0. The molecule has 0 aromatic rings. The summed E-state index contributed by atoms with van der Waals surface area (Å²) in [7, 11) is 0. The molecule has 3 fully saturated rings. The van der Waals surface area contributed by atoms with Gasteiger partial charge in [-0.05, 0) is 91.9 Å². The molecule has 168 valence electrons. The van der Waals surface area contributed by atoms with Gasteiger partial charge in [-0.25, -0.2) is 0 Å². The third-order valence-corrected chi connectivity index (χ3v) is 8.76. The molecule has 2 nitrogen and oxygen atoms in total. The van der Waals surface area contributed by atoms with E-state index in [-0.39, 0.29) is 12.7 Å². The predicted octanol–water partition coefficient (Wildman–Crippen LogP) is 6.61. The molecule has 30 heavy (non-hydrogen) atoms. The molecule has 3 saturated carbocycles. The number of hydrogen-bond acceptors (Lipinski definition) is 2. The molecule has 0 spiro atoms. The molecule has 0 bridgehead atoms. The van der Waals surface area contributed by atoms with Gasteiger partial charge >= 0.3 is 0 Å². The molecule has 3 rings (SSSR count). The van der Waals surface area contributed by atoms with Crippen LogP contribution in [0.2, 0.25) is 0 Å². The maximum absolute atomic E-state index is 10.0. The molecule has 0 aromatic carbocycles. The Kier molecular flexibility index (Phi) is 7.85. The predicted molar refractivity (Wildman–Crippen MR) is 127 cm³/mol. The lowest BCUT2D eigenvalue weighted by Crippen LogP contribution is -2.35. The minimum atomic E-state index is -0.198. The SMILES string of the molecule is C=C1CC[C@H](O)C/C1=C/C=C1\CCC[C@]2(C)[C@@H]([C@H](C)/C=C/[C@H](C)C(C)CO)CC[C@@H]12. The first kappa shape index (κ1) is 23.5. The summed E-state index contributed by atoms with van der Waals surface area (Å²) in [5.74, 6) is 2.76. The van der Waals surface area contributed by atoms with E-state index in [1.165, 1.54) is 43.3 Å². The Bertz CT molecular complexity index is 699. The summed E-state index contributed by atoms with van der Waals surface area (Å²) in [5.41, 5.74) is 4.49. The van der Waals surface area contributed by atoms with Crippen molar-refractivity contribution in [3.8, 4) is 0 Å². The first-order valence-corrected chi connectivity index (χ1v) is 12.3. The monoisotopic (exact) mass is 412 g/mol. The van der Waals surface area contributed by atoms with E-state index in [9.17, 15) is 10.2 Å². The van der Waals surface area contributed by atoms with E-state index < -0.39 is 0 Å². The van der Waals surface area contributed by atoms with E-state index in [1.807, 2.05) is 0 Å². The molecular weight excluding hydrogens is 368 g/mol. The molecule has 2 N–H and O–H groups in total. The van der Waals surface area contributed by atoms with Gasteiger partial charge in [0.2, 0.25) is 0 Å². The van der Waals surface area contributed by atoms with Crippen LogP contribution < -0.4 is 0 Å². The molecule has 0 heterocycles. The quantitative estimate of drug-likeness (QED) is 0.482. The lowest BCUT2D eigenvalue weighted by molar-refractivity contribution is 0.112. The van der Waals surface area contributed by atoms with Gasteiger partial charge in [-0.15, -0.1) is 0 Å². The average Bonchev–Trinajstić information content (AvgIpc) is 3.09. The van der Waals surface area contributed by atoms with Crippen molar-refractivity contribution in [3.63, 3.8) is 0 Å². The van der Waals surface area contributed by atoms with Crippen LogP contribution in [0.5, 0.6) is 0 Å². The fourth-order valence-corrected chi connectivity index (χ4v) is 6.38. The zero-order chi connectivity index (χ0) is 21.9. The van der Waals surface area contributed by atoms with Crippen LogP contribution >= 0.6 is 0 Å². The molecule has 2 heteroatoms. The standard InChI is InChI=1S/C28H44O2/c1-19(22(4)18-29)8-9-21(3)26-14-15-27-23(7-6-16-28(26,27)5)11-12-24-17-25(30)13-10-20(24)2/h8-9,11-12,19,21-22,25-27,29-30H,2,6-7,10,13-18H2,1,3-5H3/b9-8+,23-11+,24-12-/t19-,21+,22?,25-,26+,27-,28+/m0/s1. The molecule has 0 radical (unpaired) electrons. The Hall–Kier alpha value is -1.12. The minimum Gasteiger partial charge on any atom is -0.396 e. The molecule has 3 aliphatic rings. The van der Waals surface area contributed by atoms with Crippen LogP contribution in [-0.2, 0) is 0 Å². The molecule has 0 aliphatic heterocycles. The van der Waals surface area contributed by atoms with Gasteiger partial charge in [0.05, 0.1) is 6.10 Å². The van der Waals surface area contributed by atoms with Crippen LogP contribution in [-0.4, -0.2) is 22.9 Å². The van der Waals surface area contributed by atoms with Crippen LogP contribution in [0, 0.1) is 35.0 Å². The highest BCUT2D eigenvalue weighted by Crippen LogP contribution is 2.59.